The summed E-state index contributed by atoms with van der Waals surface area (Å²) < 4.78 is 0.790. The van der Waals surface area contributed by atoms with Crippen molar-refractivity contribution in [3.8, 4) is 11.5 Å². The lowest BCUT2D eigenvalue weighted by Crippen LogP contribution is -2.03. The molecule has 0 unspecified atom stereocenters. The Labute approximate surface area is 123 Å². The van der Waals surface area contributed by atoms with Crippen molar-refractivity contribution in [2.45, 2.75) is 6.92 Å². The number of rotatable bonds is 3. The highest BCUT2D eigenvalue weighted by molar-refractivity contribution is 9.10. The number of nitrogens with one attached hydrogen (secondary N) is 1. The second-order valence-electron chi connectivity index (χ2n) is 3.40. The van der Waals surface area contributed by atoms with Crippen LogP contribution in [0.2, 0.25) is 10.0 Å². The summed E-state index contributed by atoms with van der Waals surface area (Å²) in [6.45, 7) is 2.75. The molecule has 0 spiro atoms. The van der Waals surface area contributed by atoms with E-state index in [1.165, 1.54) is 6.20 Å². The van der Waals surface area contributed by atoms with Gasteiger partial charge in [-0.05, 0) is 28.9 Å². The monoisotopic (exact) mass is 346 g/mol. The van der Waals surface area contributed by atoms with Gasteiger partial charge in [0, 0.05) is 18.9 Å². The van der Waals surface area contributed by atoms with Crippen LogP contribution < -0.4 is 5.32 Å². The maximum atomic E-state index is 6.07. The first kappa shape index (κ1) is 13.5. The first-order chi connectivity index (χ1) is 8.61. The lowest BCUT2D eigenvalue weighted by Gasteiger charge is -2.07. The fourth-order valence-corrected chi connectivity index (χ4v) is 2.15. The number of anilines is 1. The molecule has 0 bridgehead atoms. The zero-order chi connectivity index (χ0) is 13.1. The second-order valence-corrected chi connectivity index (χ2v) is 5.10. The van der Waals surface area contributed by atoms with Gasteiger partial charge in [-0.1, -0.05) is 23.2 Å². The van der Waals surface area contributed by atoms with E-state index in [1.54, 1.807) is 12.3 Å². The van der Waals surface area contributed by atoms with Gasteiger partial charge in [0.15, 0.2) is 5.82 Å². The Hall–Kier alpha value is -0.910. The Morgan fingerprint density at radius 1 is 1.28 bits per heavy atom. The van der Waals surface area contributed by atoms with Crippen molar-refractivity contribution in [2.75, 3.05) is 11.9 Å². The summed E-state index contributed by atoms with van der Waals surface area (Å²) in [7, 11) is 0. The van der Waals surface area contributed by atoms with Gasteiger partial charge in [0.25, 0.3) is 0 Å². The van der Waals surface area contributed by atoms with Crippen LogP contribution in [0.15, 0.2) is 22.9 Å². The molecule has 0 atom stereocenters. The summed E-state index contributed by atoms with van der Waals surface area (Å²) in [5, 5.41) is 4.02. The Morgan fingerprint density at radius 2 is 2.06 bits per heavy atom. The first-order valence-corrected chi connectivity index (χ1v) is 6.74. The second kappa shape index (κ2) is 5.82. The van der Waals surface area contributed by atoms with E-state index in [4.69, 9.17) is 23.2 Å². The van der Waals surface area contributed by atoms with E-state index in [2.05, 4.69) is 36.2 Å². The molecule has 2 aromatic heterocycles. The standard InChI is InChI=1S/C11H9BrCl2N4/c1-2-15-10-7(12)5-17-11(18-10)9-8(14)3-6(13)4-16-9/h3-5H,2H2,1H3,(H,15,17,18). The number of pyridine rings is 1. The van der Waals surface area contributed by atoms with Crippen molar-refractivity contribution in [3.63, 3.8) is 0 Å². The number of nitrogens with zero attached hydrogens (tertiary/aromatic N) is 3. The maximum absolute atomic E-state index is 6.07. The third-order valence-corrected chi connectivity index (χ3v) is 3.18. The average molecular weight is 348 g/mol. The lowest BCUT2D eigenvalue weighted by molar-refractivity contribution is 1.09. The molecule has 94 valence electrons. The largest absolute Gasteiger partial charge is 0.369 e. The van der Waals surface area contributed by atoms with Crippen LogP contribution in [0.4, 0.5) is 5.82 Å². The van der Waals surface area contributed by atoms with Gasteiger partial charge in [0.2, 0.25) is 0 Å². The molecule has 7 heteroatoms. The quantitative estimate of drug-likeness (QED) is 0.910. The van der Waals surface area contributed by atoms with E-state index in [0.717, 1.165) is 11.0 Å². The minimum absolute atomic E-state index is 0.423. The lowest BCUT2D eigenvalue weighted by atomic mass is 10.3. The van der Waals surface area contributed by atoms with E-state index in [-0.39, 0.29) is 0 Å². The van der Waals surface area contributed by atoms with Gasteiger partial charge in [0.1, 0.15) is 11.5 Å². The Kier molecular flexibility index (Phi) is 4.37. The maximum Gasteiger partial charge on any atom is 0.181 e. The molecule has 4 nitrogen and oxygen atoms in total. The third kappa shape index (κ3) is 2.91. The zero-order valence-corrected chi connectivity index (χ0v) is 12.5. The molecular formula is C11H9BrCl2N4. The van der Waals surface area contributed by atoms with E-state index in [1.807, 2.05) is 6.92 Å². The summed E-state index contributed by atoms with van der Waals surface area (Å²) in [5.41, 5.74) is 0.507. The van der Waals surface area contributed by atoms with Crippen LogP contribution in [-0.4, -0.2) is 21.5 Å². The smallest absolute Gasteiger partial charge is 0.181 e. The van der Waals surface area contributed by atoms with E-state index < -0.39 is 0 Å². The molecule has 0 amide bonds. The summed E-state index contributed by atoms with van der Waals surface area (Å²) >= 11 is 15.2. The highest BCUT2D eigenvalue weighted by Crippen LogP contribution is 2.28. The molecular weight excluding hydrogens is 339 g/mol. The fourth-order valence-electron chi connectivity index (χ4n) is 1.35. The molecule has 0 aliphatic carbocycles. The molecule has 0 saturated carbocycles. The highest BCUT2D eigenvalue weighted by Gasteiger charge is 2.11. The first-order valence-electron chi connectivity index (χ1n) is 5.19. The van der Waals surface area contributed by atoms with Crippen LogP contribution in [0.1, 0.15) is 6.92 Å². The van der Waals surface area contributed by atoms with Gasteiger partial charge in [-0.15, -0.1) is 0 Å². The van der Waals surface area contributed by atoms with Crippen LogP contribution in [-0.2, 0) is 0 Å². The van der Waals surface area contributed by atoms with Crippen molar-refractivity contribution in [2.24, 2.45) is 0 Å². The van der Waals surface area contributed by atoms with Crippen LogP contribution in [0.5, 0.6) is 0 Å². The topological polar surface area (TPSA) is 50.7 Å². The Morgan fingerprint density at radius 3 is 2.72 bits per heavy atom. The zero-order valence-electron chi connectivity index (χ0n) is 9.41. The average Bonchev–Trinajstić information content (AvgIpc) is 2.33. The Bertz CT molecular complexity index is 577. The van der Waals surface area contributed by atoms with E-state index in [0.29, 0.717) is 27.4 Å². The molecule has 2 aromatic rings. The van der Waals surface area contributed by atoms with E-state index in [9.17, 15) is 0 Å². The molecule has 1 N–H and O–H groups in total. The van der Waals surface area contributed by atoms with Crippen LogP contribution >= 0.6 is 39.1 Å². The summed E-state index contributed by atoms with van der Waals surface area (Å²) in [6.07, 6.45) is 3.17. The van der Waals surface area contributed by atoms with Crippen LogP contribution in [0.25, 0.3) is 11.5 Å². The highest BCUT2D eigenvalue weighted by atomic mass is 79.9. The normalized spacial score (nSPS) is 10.4. The van der Waals surface area contributed by atoms with Crippen molar-refractivity contribution >= 4 is 44.9 Å². The van der Waals surface area contributed by atoms with Gasteiger partial charge in [-0.3, -0.25) is 0 Å². The third-order valence-electron chi connectivity index (χ3n) is 2.11. The molecule has 0 aliphatic rings. The van der Waals surface area contributed by atoms with Gasteiger partial charge < -0.3 is 5.32 Å². The molecule has 0 fully saturated rings. The molecule has 0 radical (unpaired) electrons. The predicted octanol–water partition coefficient (Wildman–Crippen LogP) is 4.04. The van der Waals surface area contributed by atoms with Crippen LogP contribution in [0.3, 0.4) is 0 Å². The van der Waals surface area contributed by atoms with Crippen LogP contribution in [0, 0.1) is 0 Å². The van der Waals surface area contributed by atoms with Crippen molar-refractivity contribution in [1.82, 2.24) is 15.0 Å². The SMILES string of the molecule is CCNc1nc(-c2ncc(Cl)cc2Cl)ncc1Br. The molecule has 18 heavy (non-hydrogen) atoms. The summed E-state index contributed by atoms with van der Waals surface area (Å²) in [4.78, 5) is 12.7. The van der Waals surface area contributed by atoms with Gasteiger partial charge in [-0.2, -0.15) is 0 Å². The number of hydrogen-bond acceptors (Lipinski definition) is 4. The molecule has 0 saturated heterocycles. The minimum Gasteiger partial charge on any atom is -0.369 e. The predicted molar refractivity (Wildman–Crippen MR) is 77.1 cm³/mol. The molecule has 2 rings (SSSR count). The number of hydrogen-bond donors (Lipinski definition) is 1. The van der Waals surface area contributed by atoms with Crippen molar-refractivity contribution < 1.29 is 0 Å². The number of halogens is 3. The summed E-state index contributed by atoms with van der Waals surface area (Å²) in [6, 6.07) is 1.61. The number of aromatic nitrogens is 3. The molecule has 0 aliphatic heterocycles. The van der Waals surface area contributed by atoms with Gasteiger partial charge >= 0.3 is 0 Å². The fraction of sp³-hybridized carbons (Fsp3) is 0.182. The van der Waals surface area contributed by atoms with Gasteiger partial charge in [0.05, 0.1) is 14.5 Å². The van der Waals surface area contributed by atoms with E-state index >= 15 is 0 Å². The van der Waals surface area contributed by atoms with Crippen molar-refractivity contribution in [3.05, 3.63) is 33.0 Å². The van der Waals surface area contributed by atoms with Gasteiger partial charge in [-0.25, -0.2) is 15.0 Å². The summed E-state index contributed by atoms with van der Waals surface area (Å²) in [5.74, 6) is 1.16. The van der Waals surface area contributed by atoms with Crippen molar-refractivity contribution in [1.29, 1.82) is 0 Å². The molecule has 0 aromatic carbocycles. The minimum atomic E-state index is 0.423. The molecule has 2 heterocycles. The Balaban J connectivity index is 2.47.